The molecular formula is C20H20N2O3. The van der Waals surface area contributed by atoms with Crippen LogP contribution in [0.5, 0.6) is 0 Å². The molecule has 128 valence electrons. The van der Waals surface area contributed by atoms with Gasteiger partial charge in [0.15, 0.2) is 0 Å². The van der Waals surface area contributed by atoms with Gasteiger partial charge in [0.05, 0.1) is 0 Å². The number of aryl methyl sites for hydroxylation is 2. The predicted octanol–water partition coefficient (Wildman–Crippen LogP) is 3.33. The van der Waals surface area contributed by atoms with E-state index in [2.05, 4.69) is 43.1 Å². The van der Waals surface area contributed by atoms with Gasteiger partial charge in [0.25, 0.3) is 5.91 Å². The first kappa shape index (κ1) is 16.9. The fraction of sp³-hybridized carbons (Fsp3) is 0.250. The standard InChI is InChI=1S/C20H20N2O3/c1-13-9-14(2)11-17(10-13)15-4-7-22(8-5-15)19(23)16-3-6-21-18(12-16)20(24)25/h3-4,6,9-12H,5,7-8H2,1-2H3,(H,24,25). The molecule has 5 heteroatoms. The van der Waals surface area contributed by atoms with E-state index >= 15 is 0 Å². The largest absolute Gasteiger partial charge is 0.477 e. The number of aromatic nitrogens is 1. The maximum Gasteiger partial charge on any atom is 0.354 e. The number of benzene rings is 1. The molecule has 1 aliphatic rings. The van der Waals surface area contributed by atoms with Gasteiger partial charge in [-0.15, -0.1) is 0 Å². The van der Waals surface area contributed by atoms with Crippen molar-refractivity contribution in [2.24, 2.45) is 0 Å². The summed E-state index contributed by atoms with van der Waals surface area (Å²) < 4.78 is 0. The van der Waals surface area contributed by atoms with Crippen LogP contribution in [-0.2, 0) is 0 Å². The van der Waals surface area contributed by atoms with E-state index in [4.69, 9.17) is 5.11 Å². The summed E-state index contributed by atoms with van der Waals surface area (Å²) in [6.07, 6.45) is 4.22. The number of carboxylic acid groups (broad SMARTS) is 1. The molecular weight excluding hydrogens is 316 g/mol. The van der Waals surface area contributed by atoms with Crippen LogP contribution in [0.1, 0.15) is 44.0 Å². The zero-order chi connectivity index (χ0) is 18.0. The highest BCUT2D eigenvalue weighted by atomic mass is 16.4. The van der Waals surface area contributed by atoms with Crippen molar-refractivity contribution in [1.82, 2.24) is 9.88 Å². The van der Waals surface area contributed by atoms with E-state index in [1.165, 1.54) is 34.5 Å². The summed E-state index contributed by atoms with van der Waals surface area (Å²) in [6.45, 7) is 5.30. The van der Waals surface area contributed by atoms with Crippen LogP contribution < -0.4 is 0 Å². The number of hydrogen-bond acceptors (Lipinski definition) is 3. The van der Waals surface area contributed by atoms with Crippen molar-refractivity contribution in [3.63, 3.8) is 0 Å². The van der Waals surface area contributed by atoms with Crippen LogP contribution in [0.3, 0.4) is 0 Å². The molecule has 1 aromatic carbocycles. The molecule has 0 saturated heterocycles. The maximum absolute atomic E-state index is 12.6. The summed E-state index contributed by atoms with van der Waals surface area (Å²) in [5.74, 6) is -1.30. The van der Waals surface area contributed by atoms with E-state index in [1.54, 1.807) is 11.0 Å². The van der Waals surface area contributed by atoms with Crippen LogP contribution in [0.15, 0.2) is 42.6 Å². The van der Waals surface area contributed by atoms with Gasteiger partial charge in [0, 0.05) is 24.8 Å². The third-order valence-corrected chi connectivity index (χ3v) is 4.31. The van der Waals surface area contributed by atoms with Crippen molar-refractivity contribution in [2.75, 3.05) is 13.1 Å². The molecule has 0 spiro atoms. The fourth-order valence-electron chi connectivity index (χ4n) is 3.14. The number of rotatable bonds is 3. The van der Waals surface area contributed by atoms with E-state index in [1.807, 2.05) is 0 Å². The minimum Gasteiger partial charge on any atom is -0.477 e. The highest BCUT2D eigenvalue weighted by Crippen LogP contribution is 2.25. The van der Waals surface area contributed by atoms with Crippen molar-refractivity contribution >= 4 is 17.4 Å². The smallest absolute Gasteiger partial charge is 0.354 e. The normalized spacial score (nSPS) is 14.2. The van der Waals surface area contributed by atoms with E-state index in [0.29, 0.717) is 18.7 Å². The Balaban J connectivity index is 1.77. The van der Waals surface area contributed by atoms with Crippen LogP contribution in [0.4, 0.5) is 0 Å². The summed E-state index contributed by atoms with van der Waals surface area (Å²) in [5.41, 5.74) is 5.16. The lowest BCUT2D eigenvalue weighted by Gasteiger charge is -2.27. The first-order chi connectivity index (χ1) is 11.9. The molecule has 0 fully saturated rings. The van der Waals surface area contributed by atoms with E-state index < -0.39 is 5.97 Å². The number of pyridine rings is 1. The SMILES string of the molecule is Cc1cc(C)cc(C2=CCN(C(=O)c3ccnc(C(=O)O)c3)CC2)c1. The van der Waals surface area contributed by atoms with Gasteiger partial charge in [-0.05, 0) is 43.5 Å². The molecule has 3 rings (SSSR count). The Morgan fingerprint density at radius 3 is 2.44 bits per heavy atom. The van der Waals surface area contributed by atoms with Crippen LogP contribution in [0.2, 0.25) is 0 Å². The van der Waals surface area contributed by atoms with Gasteiger partial charge in [-0.2, -0.15) is 0 Å². The Morgan fingerprint density at radius 1 is 1.12 bits per heavy atom. The van der Waals surface area contributed by atoms with Gasteiger partial charge in [0.2, 0.25) is 0 Å². The molecule has 0 bridgehead atoms. The highest BCUT2D eigenvalue weighted by molar-refractivity contribution is 5.97. The molecule has 25 heavy (non-hydrogen) atoms. The third-order valence-electron chi connectivity index (χ3n) is 4.31. The molecule has 5 nitrogen and oxygen atoms in total. The van der Waals surface area contributed by atoms with Gasteiger partial charge >= 0.3 is 5.97 Å². The number of amides is 1. The summed E-state index contributed by atoms with van der Waals surface area (Å²) in [5, 5.41) is 9.01. The first-order valence-electron chi connectivity index (χ1n) is 8.20. The quantitative estimate of drug-likeness (QED) is 0.933. The second-order valence-electron chi connectivity index (χ2n) is 6.34. The molecule has 2 heterocycles. The average molecular weight is 336 g/mol. The molecule has 1 aliphatic heterocycles. The van der Waals surface area contributed by atoms with Crippen molar-refractivity contribution in [3.8, 4) is 0 Å². The second-order valence-corrected chi connectivity index (χ2v) is 6.34. The Bertz CT molecular complexity index is 851. The summed E-state index contributed by atoms with van der Waals surface area (Å²) in [6, 6.07) is 9.36. The number of carboxylic acids is 1. The third kappa shape index (κ3) is 3.76. The minimum absolute atomic E-state index is 0.116. The molecule has 0 unspecified atom stereocenters. The minimum atomic E-state index is -1.13. The number of nitrogens with zero attached hydrogens (tertiary/aromatic N) is 2. The van der Waals surface area contributed by atoms with Gasteiger partial charge in [-0.3, -0.25) is 4.79 Å². The molecule has 1 N–H and O–H groups in total. The lowest BCUT2D eigenvalue weighted by molar-refractivity contribution is 0.0690. The van der Waals surface area contributed by atoms with Crippen molar-refractivity contribution < 1.29 is 14.7 Å². The Kier molecular flexibility index (Phi) is 4.65. The average Bonchev–Trinajstić information content (AvgIpc) is 2.60. The molecule has 1 amide bonds. The zero-order valence-electron chi connectivity index (χ0n) is 14.3. The van der Waals surface area contributed by atoms with Crippen molar-refractivity contribution in [2.45, 2.75) is 20.3 Å². The monoisotopic (exact) mass is 336 g/mol. The van der Waals surface area contributed by atoms with Gasteiger partial charge in [-0.25, -0.2) is 9.78 Å². The highest BCUT2D eigenvalue weighted by Gasteiger charge is 2.20. The van der Waals surface area contributed by atoms with Crippen LogP contribution in [0.25, 0.3) is 5.57 Å². The molecule has 0 atom stereocenters. The molecule has 1 aromatic heterocycles. The van der Waals surface area contributed by atoms with Gasteiger partial charge in [-0.1, -0.05) is 35.4 Å². The number of carbonyl (C=O) groups is 2. The van der Waals surface area contributed by atoms with Crippen LogP contribution in [-0.4, -0.2) is 40.0 Å². The van der Waals surface area contributed by atoms with Gasteiger partial charge in [0.1, 0.15) is 5.69 Å². The Morgan fingerprint density at radius 2 is 1.84 bits per heavy atom. The first-order valence-corrected chi connectivity index (χ1v) is 8.20. The summed E-state index contributed by atoms with van der Waals surface area (Å²) in [7, 11) is 0. The predicted molar refractivity (Wildman–Crippen MR) is 95.6 cm³/mol. The number of carbonyl (C=O) groups excluding carboxylic acids is 1. The van der Waals surface area contributed by atoms with Crippen molar-refractivity contribution in [1.29, 1.82) is 0 Å². The molecule has 0 aliphatic carbocycles. The lowest BCUT2D eigenvalue weighted by atomic mass is 9.96. The Hall–Kier alpha value is -2.95. The molecule has 2 aromatic rings. The fourth-order valence-corrected chi connectivity index (χ4v) is 3.14. The zero-order valence-corrected chi connectivity index (χ0v) is 14.3. The molecule has 0 saturated carbocycles. The summed E-state index contributed by atoms with van der Waals surface area (Å²) in [4.78, 5) is 29.1. The topological polar surface area (TPSA) is 70.5 Å². The van der Waals surface area contributed by atoms with E-state index in [0.717, 1.165) is 6.42 Å². The molecule has 0 radical (unpaired) electrons. The van der Waals surface area contributed by atoms with Crippen molar-refractivity contribution in [3.05, 3.63) is 70.6 Å². The maximum atomic E-state index is 12.6. The van der Waals surface area contributed by atoms with E-state index in [9.17, 15) is 9.59 Å². The number of hydrogen-bond donors (Lipinski definition) is 1. The van der Waals surface area contributed by atoms with Gasteiger partial charge < -0.3 is 10.0 Å². The van der Waals surface area contributed by atoms with Crippen LogP contribution >= 0.6 is 0 Å². The number of aromatic carboxylic acids is 1. The second kappa shape index (κ2) is 6.89. The lowest BCUT2D eigenvalue weighted by Crippen LogP contribution is -2.34. The van der Waals surface area contributed by atoms with Crippen LogP contribution in [0, 0.1) is 13.8 Å². The Labute approximate surface area is 146 Å². The van der Waals surface area contributed by atoms with E-state index in [-0.39, 0.29) is 11.6 Å². The summed E-state index contributed by atoms with van der Waals surface area (Å²) >= 11 is 0.